The van der Waals surface area contributed by atoms with Gasteiger partial charge < -0.3 is 29.7 Å². The molecule has 2 heterocycles. The van der Waals surface area contributed by atoms with E-state index in [1.54, 1.807) is 7.11 Å². The summed E-state index contributed by atoms with van der Waals surface area (Å²) in [7, 11) is 5.83. The zero-order valence-electron chi connectivity index (χ0n) is 20.7. The predicted octanol–water partition coefficient (Wildman–Crippen LogP) is 3.92. The van der Waals surface area contributed by atoms with Crippen LogP contribution in [0, 0.1) is 5.92 Å². The van der Waals surface area contributed by atoms with Crippen LogP contribution in [-0.4, -0.2) is 50.6 Å². The first kappa shape index (κ1) is 23.0. The molecule has 0 radical (unpaired) electrons. The summed E-state index contributed by atoms with van der Waals surface area (Å²) in [5, 5.41) is 7.29. The molecule has 0 spiro atoms. The van der Waals surface area contributed by atoms with E-state index >= 15 is 0 Å². The molecule has 1 saturated carbocycles. The van der Waals surface area contributed by atoms with Gasteiger partial charge in [-0.3, -0.25) is 0 Å². The molecule has 184 valence electrons. The van der Waals surface area contributed by atoms with Gasteiger partial charge in [0.1, 0.15) is 5.82 Å². The lowest BCUT2D eigenvalue weighted by Crippen LogP contribution is -2.32. The minimum absolute atomic E-state index is 0.257. The number of nitrogens with zero attached hydrogens (tertiary/aromatic N) is 3. The van der Waals surface area contributed by atoms with Crippen LogP contribution in [0.15, 0.2) is 12.1 Å². The molecular formula is C26H37N5O3. The van der Waals surface area contributed by atoms with Crippen molar-refractivity contribution in [3.05, 3.63) is 29.0 Å². The Balaban J connectivity index is 1.11. The first-order valence-electron chi connectivity index (χ1n) is 12.6. The zero-order chi connectivity index (χ0) is 23.5. The average molecular weight is 468 g/mol. The lowest BCUT2D eigenvalue weighted by molar-refractivity contribution is 0.171. The Kier molecular flexibility index (Phi) is 6.94. The van der Waals surface area contributed by atoms with Gasteiger partial charge in [-0.15, -0.1) is 0 Å². The third-order valence-electron chi connectivity index (χ3n) is 7.25. The maximum atomic E-state index is 5.54. The van der Waals surface area contributed by atoms with Gasteiger partial charge in [-0.2, -0.15) is 4.98 Å². The maximum Gasteiger partial charge on any atom is 0.231 e. The number of hydrogen-bond donors (Lipinski definition) is 2. The van der Waals surface area contributed by atoms with Crippen molar-refractivity contribution in [3.63, 3.8) is 0 Å². The van der Waals surface area contributed by atoms with E-state index in [1.807, 2.05) is 12.1 Å². The summed E-state index contributed by atoms with van der Waals surface area (Å²) in [5.74, 6) is 4.80. The maximum absolute atomic E-state index is 5.54. The number of aryl methyl sites for hydroxylation is 1. The molecule has 0 amide bonds. The Bertz CT molecular complexity index is 1000. The van der Waals surface area contributed by atoms with Crippen molar-refractivity contribution in [1.29, 1.82) is 0 Å². The minimum Gasteiger partial charge on any atom is -0.493 e. The number of aromatic nitrogens is 2. The molecule has 34 heavy (non-hydrogen) atoms. The van der Waals surface area contributed by atoms with Crippen molar-refractivity contribution in [2.45, 2.75) is 64.0 Å². The third kappa shape index (κ3) is 5.02. The monoisotopic (exact) mass is 467 g/mol. The van der Waals surface area contributed by atoms with Crippen LogP contribution in [0.5, 0.6) is 17.2 Å². The van der Waals surface area contributed by atoms with Crippen molar-refractivity contribution >= 4 is 11.8 Å². The van der Waals surface area contributed by atoms with Gasteiger partial charge in [0, 0.05) is 32.2 Å². The second-order valence-corrected chi connectivity index (χ2v) is 9.92. The highest BCUT2D eigenvalue weighted by Gasteiger charge is 2.24. The predicted molar refractivity (Wildman–Crippen MR) is 133 cm³/mol. The molecule has 8 nitrogen and oxygen atoms in total. The topological polar surface area (TPSA) is 80.8 Å². The van der Waals surface area contributed by atoms with Crippen LogP contribution >= 0.6 is 0 Å². The summed E-state index contributed by atoms with van der Waals surface area (Å²) < 4.78 is 16.5. The summed E-state index contributed by atoms with van der Waals surface area (Å²) in [5.41, 5.74) is 3.74. The second kappa shape index (κ2) is 10.3. The van der Waals surface area contributed by atoms with Crippen LogP contribution in [0.1, 0.15) is 55.3 Å². The number of methoxy groups -OCH3 is 1. The van der Waals surface area contributed by atoms with Crippen molar-refractivity contribution in [2.24, 2.45) is 5.92 Å². The number of rotatable bonds is 8. The van der Waals surface area contributed by atoms with Gasteiger partial charge in [-0.1, -0.05) is 0 Å². The molecule has 2 aliphatic carbocycles. The number of nitrogens with one attached hydrogen (secondary N) is 2. The summed E-state index contributed by atoms with van der Waals surface area (Å²) in [4.78, 5) is 11.9. The highest BCUT2D eigenvalue weighted by molar-refractivity contribution is 5.55. The molecule has 3 aliphatic rings. The Morgan fingerprint density at radius 1 is 1.06 bits per heavy atom. The molecule has 0 bridgehead atoms. The number of benzene rings is 1. The standard InChI is InChI=1S/C26H37N5O3/c1-31(2)25-20-6-4-5-7-21(20)29-26(30-25)28-19-10-8-17(9-11-19)14-27-15-18-12-22(32-3)24-23(13-18)33-16-34-24/h12-13,17,19,27H,4-11,14-16H2,1-3H3,(H,28,29,30). The average Bonchev–Trinajstić information content (AvgIpc) is 3.33. The molecule has 0 saturated heterocycles. The molecule has 2 aromatic rings. The van der Waals surface area contributed by atoms with Gasteiger partial charge >= 0.3 is 0 Å². The Morgan fingerprint density at radius 2 is 1.88 bits per heavy atom. The highest BCUT2D eigenvalue weighted by atomic mass is 16.7. The number of fused-ring (bicyclic) bond motifs is 2. The van der Waals surface area contributed by atoms with Crippen molar-refractivity contribution in [1.82, 2.24) is 15.3 Å². The quantitative estimate of drug-likeness (QED) is 0.605. The van der Waals surface area contributed by atoms with Gasteiger partial charge in [0.05, 0.1) is 12.8 Å². The van der Waals surface area contributed by atoms with E-state index in [0.717, 1.165) is 67.6 Å². The molecular weight excluding hydrogens is 430 g/mol. The van der Waals surface area contributed by atoms with Gasteiger partial charge in [0.15, 0.2) is 11.5 Å². The van der Waals surface area contributed by atoms with E-state index in [9.17, 15) is 0 Å². The lowest BCUT2D eigenvalue weighted by atomic mass is 9.86. The summed E-state index contributed by atoms with van der Waals surface area (Å²) in [6.07, 6.45) is 9.37. The Labute approximate surface area is 202 Å². The fourth-order valence-electron chi connectivity index (χ4n) is 5.41. The van der Waals surface area contributed by atoms with Crippen LogP contribution in [0.2, 0.25) is 0 Å². The molecule has 5 rings (SSSR count). The summed E-state index contributed by atoms with van der Waals surface area (Å²) in [6, 6.07) is 4.52. The molecule has 0 atom stereocenters. The number of hydrogen-bond acceptors (Lipinski definition) is 8. The lowest BCUT2D eigenvalue weighted by Gasteiger charge is -2.30. The first-order valence-corrected chi connectivity index (χ1v) is 12.6. The normalized spacial score (nSPS) is 21.1. The Morgan fingerprint density at radius 3 is 2.68 bits per heavy atom. The fourth-order valence-corrected chi connectivity index (χ4v) is 5.41. The van der Waals surface area contributed by atoms with Gasteiger partial charge in [-0.25, -0.2) is 4.98 Å². The van der Waals surface area contributed by atoms with Crippen LogP contribution in [0.3, 0.4) is 0 Å². The van der Waals surface area contributed by atoms with Gasteiger partial charge in [-0.05, 0) is 81.5 Å². The van der Waals surface area contributed by atoms with Gasteiger partial charge in [0.25, 0.3) is 0 Å². The van der Waals surface area contributed by atoms with Crippen LogP contribution in [-0.2, 0) is 19.4 Å². The van der Waals surface area contributed by atoms with Crippen molar-refractivity contribution < 1.29 is 14.2 Å². The van der Waals surface area contributed by atoms with E-state index in [-0.39, 0.29) is 6.79 Å². The summed E-state index contributed by atoms with van der Waals surface area (Å²) >= 11 is 0. The zero-order valence-corrected chi connectivity index (χ0v) is 20.7. The van der Waals surface area contributed by atoms with Crippen LogP contribution in [0.4, 0.5) is 11.8 Å². The van der Waals surface area contributed by atoms with Gasteiger partial charge in [0.2, 0.25) is 18.5 Å². The summed E-state index contributed by atoms with van der Waals surface area (Å²) in [6.45, 7) is 2.07. The molecule has 8 heteroatoms. The molecule has 1 aromatic carbocycles. The number of ether oxygens (including phenoxy) is 3. The second-order valence-electron chi connectivity index (χ2n) is 9.92. The van der Waals surface area contributed by atoms with E-state index in [0.29, 0.717) is 17.7 Å². The largest absolute Gasteiger partial charge is 0.493 e. The molecule has 1 fully saturated rings. The SMILES string of the molecule is COc1cc(CNCC2CCC(Nc3nc4c(c(N(C)C)n3)CCCC4)CC2)cc2c1OCO2. The van der Waals surface area contributed by atoms with E-state index in [4.69, 9.17) is 24.2 Å². The van der Waals surface area contributed by atoms with Crippen molar-refractivity contribution in [3.8, 4) is 17.2 Å². The van der Waals surface area contributed by atoms with E-state index in [1.165, 1.54) is 36.9 Å². The fraction of sp³-hybridized carbons (Fsp3) is 0.615. The van der Waals surface area contributed by atoms with Crippen molar-refractivity contribution in [2.75, 3.05) is 44.8 Å². The molecule has 1 aliphatic heterocycles. The van der Waals surface area contributed by atoms with E-state index < -0.39 is 0 Å². The smallest absolute Gasteiger partial charge is 0.231 e. The van der Waals surface area contributed by atoms with E-state index in [2.05, 4.69) is 29.6 Å². The third-order valence-corrected chi connectivity index (χ3v) is 7.25. The minimum atomic E-state index is 0.257. The molecule has 1 aromatic heterocycles. The highest BCUT2D eigenvalue weighted by Crippen LogP contribution is 2.41. The van der Waals surface area contributed by atoms with Crippen LogP contribution in [0.25, 0.3) is 0 Å². The molecule has 0 unspecified atom stereocenters. The van der Waals surface area contributed by atoms with Crippen LogP contribution < -0.4 is 29.7 Å². The number of anilines is 2. The molecule has 2 N–H and O–H groups in total. The Hall–Kier alpha value is -2.74. The first-order chi connectivity index (χ1) is 16.6.